The molecule has 0 radical (unpaired) electrons. The van der Waals surface area contributed by atoms with Crippen molar-refractivity contribution < 1.29 is 33.7 Å². The van der Waals surface area contributed by atoms with E-state index in [1.807, 2.05) is 0 Å². The summed E-state index contributed by atoms with van der Waals surface area (Å²) < 4.78 is 17.6. The largest absolute Gasteiger partial charge is 0.465 e. The number of rotatable bonds is 47. The van der Waals surface area contributed by atoms with Crippen LogP contribution in [0.2, 0.25) is 0 Å². The molecule has 61 heavy (non-hydrogen) atoms. The van der Waals surface area contributed by atoms with Crippen LogP contribution in [0.5, 0.6) is 0 Å². The van der Waals surface area contributed by atoms with E-state index in [-0.39, 0.29) is 37.6 Å². The molecule has 0 fully saturated rings. The summed E-state index contributed by atoms with van der Waals surface area (Å²) in [6.07, 6.45) is 40.3. The zero-order valence-electron chi connectivity index (χ0n) is 41.6. The maximum absolute atomic E-state index is 14.0. The minimum absolute atomic E-state index is 0.181. The van der Waals surface area contributed by atoms with Gasteiger partial charge in [0.2, 0.25) is 0 Å². The van der Waals surface area contributed by atoms with Gasteiger partial charge in [0.1, 0.15) is 0 Å². The third-order valence-electron chi connectivity index (χ3n) is 13.0. The molecule has 0 aliphatic carbocycles. The number of ether oxygens (including phenoxy) is 3. The first kappa shape index (κ1) is 59.4. The Balaban J connectivity index is 5.91. The molecule has 0 aromatic rings. The number of carbonyl (C=O) groups excluding carboxylic acids is 3. The third kappa shape index (κ3) is 36.4. The van der Waals surface area contributed by atoms with Gasteiger partial charge >= 0.3 is 17.9 Å². The molecule has 0 bridgehead atoms. The fourth-order valence-electron chi connectivity index (χ4n) is 8.69. The molecule has 0 spiro atoms. The van der Waals surface area contributed by atoms with E-state index in [0.29, 0.717) is 0 Å². The molecule has 0 saturated heterocycles. The Morgan fingerprint density at radius 2 is 0.557 bits per heavy atom. The predicted molar refractivity (Wildman–Crippen MR) is 258 cm³/mol. The normalized spacial score (nSPS) is 14.0. The summed E-state index contributed by atoms with van der Waals surface area (Å²) >= 11 is 0. The van der Waals surface area contributed by atoms with Gasteiger partial charge in [0.05, 0.1) is 32.7 Å². The van der Waals surface area contributed by atoms with E-state index >= 15 is 0 Å². The molecule has 362 valence electrons. The van der Waals surface area contributed by atoms with Gasteiger partial charge in [0, 0.05) is 0 Å². The zero-order chi connectivity index (χ0) is 45.1. The molecule has 7 nitrogen and oxygen atoms in total. The Kier molecular flexibility index (Phi) is 42.4. The number of carbonyl (C=O) groups is 3. The third-order valence-corrected chi connectivity index (χ3v) is 13.0. The van der Waals surface area contributed by atoms with Crippen LogP contribution < -0.4 is 0 Å². The lowest BCUT2D eigenvalue weighted by Crippen LogP contribution is -2.45. The van der Waals surface area contributed by atoms with Gasteiger partial charge in [-0.25, -0.2) is 4.79 Å². The average Bonchev–Trinajstić information content (AvgIpc) is 3.25. The summed E-state index contributed by atoms with van der Waals surface area (Å²) in [5.74, 6) is -1.56. The molecule has 0 aliphatic heterocycles. The number of aliphatic hydroxyl groups is 1. The highest BCUT2D eigenvalue weighted by Gasteiger charge is 2.44. The molecule has 0 aliphatic rings. The van der Waals surface area contributed by atoms with Crippen molar-refractivity contribution in [3.05, 3.63) is 0 Å². The number of unbranched alkanes of at least 4 members (excludes halogenated alkanes) is 24. The van der Waals surface area contributed by atoms with Crippen LogP contribution >= 0.6 is 0 Å². The summed E-state index contributed by atoms with van der Waals surface area (Å²) in [6.45, 7) is 14.1. The van der Waals surface area contributed by atoms with Crippen LogP contribution in [0.1, 0.15) is 286 Å². The molecule has 3 unspecified atom stereocenters. The SMILES string of the molecule is CCCCCCCCC(CCCCCC)COC(=O)CC(O)(CC(=O)OCC(CCCCCC)CCCCCCCC)C(=O)OCC(CCCCCC)CCCCCCCC. The van der Waals surface area contributed by atoms with Gasteiger partial charge in [-0.2, -0.15) is 0 Å². The monoisotopic (exact) mass is 865 g/mol. The van der Waals surface area contributed by atoms with Crippen molar-refractivity contribution in [2.24, 2.45) is 17.8 Å². The Bertz CT molecular complexity index is 932. The van der Waals surface area contributed by atoms with Crippen molar-refractivity contribution >= 4 is 17.9 Å². The standard InChI is InChI=1S/C54H104O7/c1-7-13-19-25-28-34-40-48(37-31-22-16-10-4)45-59-51(55)43-54(58,53(57)61-47-50(39-33-24-18-12-6)42-36-30-27-21-15-9-3)44-52(56)60-46-49(38-32-23-17-11-5)41-35-29-26-20-14-8-2/h48-50,58H,7-47H2,1-6H3. The molecule has 0 amide bonds. The lowest BCUT2D eigenvalue weighted by Gasteiger charge is -2.27. The quantitative estimate of drug-likeness (QED) is 0.0369. The molecule has 0 heterocycles. The van der Waals surface area contributed by atoms with Crippen molar-refractivity contribution in [2.75, 3.05) is 19.8 Å². The van der Waals surface area contributed by atoms with Crippen LogP contribution in [0.3, 0.4) is 0 Å². The zero-order valence-corrected chi connectivity index (χ0v) is 41.6. The van der Waals surface area contributed by atoms with Crippen molar-refractivity contribution in [3.8, 4) is 0 Å². The van der Waals surface area contributed by atoms with Crippen LogP contribution in [0.25, 0.3) is 0 Å². The fourth-order valence-corrected chi connectivity index (χ4v) is 8.69. The van der Waals surface area contributed by atoms with Crippen molar-refractivity contribution in [2.45, 2.75) is 291 Å². The van der Waals surface area contributed by atoms with Gasteiger partial charge < -0.3 is 19.3 Å². The van der Waals surface area contributed by atoms with Crippen LogP contribution in [-0.2, 0) is 28.6 Å². The highest BCUT2D eigenvalue weighted by molar-refractivity contribution is 5.90. The van der Waals surface area contributed by atoms with Crippen LogP contribution in [-0.4, -0.2) is 48.4 Å². The van der Waals surface area contributed by atoms with Gasteiger partial charge in [-0.15, -0.1) is 0 Å². The Morgan fingerprint density at radius 3 is 0.820 bits per heavy atom. The summed E-state index contributed by atoms with van der Waals surface area (Å²) in [6, 6.07) is 0. The van der Waals surface area contributed by atoms with E-state index in [4.69, 9.17) is 14.2 Å². The maximum atomic E-state index is 14.0. The maximum Gasteiger partial charge on any atom is 0.339 e. The predicted octanol–water partition coefficient (Wildman–Crippen LogP) is 16.1. The second kappa shape index (κ2) is 43.6. The minimum Gasteiger partial charge on any atom is -0.465 e. The van der Waals surface area contributed by atoms with Gasteiger partial charge in [0.25, 0.3) is 0 Å². The highest BCUT2D eigenvalue weighted by Crippen LogP contribution is 2.26. The van der Waals surface area contributed by atoms with E-state index in [1.165, 1.54) is 135 Å². The first-order chi connectivity index (χ1) is 29.7. The fraction of sp³-hybridized carbons (Fsp3) is 0.944. The Morgan fingerprint density at radius 1 is 0.344 bits per heavy atom. The topological polar surface area (TPSA) is 99.1 Å². The Hall–Kier alpha value is -1.63. The minimum atomic E-state index is -2.34. The lowest BCUT2D eigenvalue weighted by molar-refractivity contribution is -0.179. The summed E-state index contributed by atoms with van der Waals surface area (Å²) in [5.41, 5.74) is -2.34. The lowest BCUT2D eigenvalue weighted by atomic mass is 9.93. The van der Waals surface area contributed by atoms with E-state index in [0.717, 1.165) is 96.3 Å². The van der Waals surface area contributed by atoms with Gasteiger partial charge in [-0.3, -0.25) is 9.59 Å². The van der Waals surface area contributed by atoms with E-state index in [9.17, 15) is 19.5 Å². The molecule has 0 aromatic carbocycles. The molecule has 0 rings (SSSR count). The van der Waals surface area contributed by atoms with Crippen molar-refractivity contribution in [3.63, 3.8) is 0 Å². The molecule has 0 saturated carbocycles. The molecule has 0 aromatic heterocycles. The van der Waals surface area contributed by atoms with Crippen molar-refractivity contribution in [1.82, 2.24) is 0 Å². The molecule has 3 atom stereocenters. The van der Waals surface area contributed by atoms with Gasteiger partial charge in [0.15, 0.2) is 5.60 Å². The van der Waals surface area contributed by atoms with E-state index in [2.05, 4.69) is 41.5 Å². The first-order valence-electron chi connectivity index (χ1n) is 26.9. The molecule has 1 N–H and O–H groups in total. The first-order valence-corrected chi connectivity index (χ1v) is 26.9. The number of hydrogen-bond donors (Lipinski definition) is 1. The summed E-state index contributed by atoms with van der Waals surface area (Å²) in [4.78, 5) is 41.1. The van der Waals surface area contributed by atoms with Gasteiger partial charge in [-0.1, -0.05) is 234 Å². The van der Waals surface area contributed by atoms with Crippen LogP contribution in [0, 0.1) is 17.8 Å². The average molecular weight is 865 g/mol. The number of hydrogen-bond acceptors (Lipinski definition) is 7. The second-order valence-corrected chi connectivity index (χ2v) is 19.2. The smallest absolute Gasteiger partial charge is 0.339 e. The molecular weight excluding hydrogens is 761 g/mol. The second-order valence-electron chi connectivity index (χ2n) is 19.2. The molecular formula is C54H104O7. The summed E-state index contributed by atoms with van der Waals surface area (Å²) in [7, 11) is 0. The van der Waals surface area contributed by atoms with E-state index in [1.54, 1.807) is 0 Å². The number of esters is 3. The molecule has 7 heteroatoms. The van der Waals surface area contributed by atoms with Crippen LogP contribution in [0.15, 0.2) is 0 Å². The van der Waals surface area contributed by atoms with Crippen LogP contribution in [0.4, 0.5) is 0 Å². The summed E-state index contributed by atoms with van der Waals surface area (Å²) in [5, 5.41) is 12.0. The van der Waals surface area contributed by atoms with Gasteiger partial charge in [-0.05, 0) is 56.3 Å². The Labute approximate surface area is 379 Å². The highest BCUT2D eigenvalue weighted by atomic mass is 16.6. The van der Waals surface area contributed by atoms with E-state index < -0.39 is 36.4 Å². The van der Waals surface area contributed by atoms with Crippen molar-refractivity contribution in [1.29, 1.82) is 0 Å².